The average molecular weight is 381 g/mol. The van der Waals surface area contributed by atoms with E-state index < -0.39 is 10.0 Å². The Hall–Kier alpha value is -0.860. The molecule has 8 heteroatoms. The number of aromatic amines is 1. The minimum Gasteiger partial charge on any atom is -0.284 e. The van der Waals surface area contributed by atoms with Gasteiger partial charge in [0.05, 0.1) is 11.9 Å². The lowest BCUT2D eigenvalue weighted by Gasteiger charge is -2.07. The van der Waals surface area contributed by atoms with Crippen LogP contribution >= 0.6 is 31.9 Å². The summed E-state index contributed by atoms with van der Waals surface area (Å²) in [7, 11) is -3.61. The van der Waals surface area contributed by atoms with E-state index in [1.165, 1.54) is 18.5 Å². The van der Waals surface area contributed by atoms with E-state index in [4.69, 9.17) is 0 Å². The molecule has 0 spiro atoms. The fourth-order valence-electron chi connectivity index (χ4n) is 1.21. The van der Waals surface area contributed by atoms with Gasteiger partial charge < -0.3 is 0 Å². The van der Waals surface area contributed by atoms with Crippen molar-refractivity contribution in [3.05, 3.63) is 39.5 Å². The third-order valence-electron chi connectivity index (χ3n) is 1.93. The van der Waals surface area contributed by atoms with Crippen LogP contribution in [-0.2, 0) is 10.0 Å². The number of sulfonamides is 1. The van der Waals surface area contributed by atoms with Crippen molar-refractivity contribution in [2.24, 2.45) is 0 Å². The Morgan fingerprint density at radius 1 is 1.29 bits per heavy atom. The summed E-state index contributed by atoms with van der Waals surface area (Å²) in [6, 6.07) is 4.84. The van der Waals surface area contributed by atoms with Crippen molar-refractivity contribution >= 4 is 47.6 Å². The summed E-state index contributed by atoms with van der Waals surface area (Å²) < 4.78 is 27.8. The van der Waals surface area contributed by atoms with Gasteiger partial charge in [0, 0.05) is 15.1 Å². The number of rotatable bonds is 3. The van der Waals surface area contributed by atoms with Gasteiger partial charge in [0.15, 0.2) is 0 Å². The maximum Gasteiger partial charge on any atom is 0.263 e. The van der Waals surface area contributed by atoms with Crippen LogP contribution in [0, 0.1) is 0 Å². The zero-order chi connectivity index (χ0) is 12.5. The predicted octanol–water partition coefficient (Wildman–Crippen LogP) is 2.74. The van der Waals surface area contributed by atoms with E-state index in [2.05, 4.69) is 46.8 Å². The molecule has 0 radical (unpaired) electrons. The summed E-state index contributed by atoms with van der Waals surface area (Å²) in [5, 5.41) is 6.20. The van der Waals surface area contributed by atoms with Crippen molar-refractivity contribution in [2.75, 3.05) is 4.72 Å². The molecule has 0 atom stereocenters. The van der Waals surface area contributed by atoms with Gasteiger partial charge in [0.2, 0.25) is 0 Å². The topological polar surface area (TPSA) is 74.8 Å². The molecule has 0 fully saturated rings. The molecule has 1 aromatic carbocycles. The molecule has 0 aliphatic rings. The SMILES string of the molecule is O=S(=O)(Nc1cn[nH]c1)c1ccc(Br)cc1Br. The molecule has 17 heavy (non-hydrogen) atoms. The molecule has 2 rings (SSSR count). The van der Waals surface area contributed by atoms with E-state index in [1.807, 2.05) is 0 Å². The van der Waals surface area contributed by atoms with Crippen LogP contribution in [0.5, 0.6) is 0 Å². The highest BCUT2D eigenvalue weighted by Gasteiger charge is 2.18. The van der Waals surface area contributed by atoms with Gasteiger partial charge in [0.25, 0.3) is 10.0 Å². The van der Waals surface area contributed by atoms with Crippen molar-refractivity contribution in [1.82, 2.24) is 10.2 Å². The Morgan fingerprint density at radius 2 is 2.06 bits per heavy atom. The molecule has 0 unspecified atom stereocenters. The molecule has 0 aliphatic carbocycles. The van der Waals surface area contributed by atoms with Gasteiger partial charge in [-0.1, -0.05) is 15.9 Å². The fourth-order valence-corrected chi connectivity index (χ4v) is 3.99. The maximum atomic E-state index is 12.0. The van der Waals surface area contributed by atoms with Crippen LogP contribution in [0.1, 0.15) is 0 Å². The van der Waals surface area contributed by atoms with Crippen LogP contribution in [0.25, 0.3) is 0 Å². The Kier molecular flexibility index (Phi) is 3.55. The Morgan fingerprint density at radius 3 is 2.65 bits per heavy atom. The Balaban J connectivity index is 2.38. The summed E-state index contributed by atoms with van der Waals surface area (Å²) in [6.07, 6.45) is 2.86. The van der Waals surface area contributed by atoms with E-state index in [9.17, 15) is 8.42 Å². The van der Waals surface area contributed by atoms with E-state index in [1.54, 1.807) is 12.1 Å². The first kappa shape index (κ1) is 12.6. The van der Waals surface area contributed by atoms with Crippen LogP contribution in [0.3, 0.4) is 0 Å². The van der Waals surface area contributed by atoms with Crippen molar-refractivity contribution in [2.45, 2.75) is 4.90 Å². The summed E-state index contributed by atoms with van der Waals surface area (Å²) in [6.45, 7) is 0. The number of nitrogens with zero attached hydrogens (tertiary/aromatic N) is 1. The minimum absolute atomic E-state index is 0.168. The van der Waals surface area contributed by atoms with Gasteiger partial charge in [-0.2, -0.15) is 5.10 Å². The highest BCUT2D eigenvalue weighted by molar-refractivity contribution is 9.11. The summed E-state index contributed by atoms with van der Waals surface area (Å²) >= 11 is 6.48. The molecule has 2 N–H and O–H groups in total. The second-order valence-electron chi connectivity index (χ2n) is 3.17. The van der Waals surface area contributed by atoms with E-state index in [-0.39, 0.29) is 4.90 Å². The molecule has 0 saturated carbocycles. The molecule has 0 aliphatic heterocycles. The van der Waals surface area contributed by atoms with Gasteiger partial charge >= 0.3 is 0 Å². The highest BCUT2D eigenvalue weighted by Crippen LogP contribution is 2.26. The third kappa shape index (κ3) is 2.88. The Labute approximate surface area is 115 Å². The number of benzene rings is 1. The standard InChI is InChI=1S/C9H7Br2N3O2S/c10-6-1-2-9(8(11)3-6)17(15,16)14-7-4-12-13-5-7/h1-5,14H,(H,12,13). The maximum absolute atomic E-state index is 12.0. The third-order valence-corrected chi connectivity index (χ3v) is 4.79. The largest absolute Gasteiger partial charge is 0.284 e. The molecule has 90 valence electrons. The number of aromatic nitrogens is 2. The molecular weight excluding hydrogens is 374 g/mol. The van der Waals surface area contributed by atoms with Crippen molar-refractivity contribution in [3.8, 4) is 0 Å². The lowest BCUT2D eigenvalue weighted by molar-refractivity contribution is 0.600. The molecule has 1 heterocycles. The molecule has 0 saturated heterocycles. The van der Waals surface area contributed by atoms with E-state index >= 15 is 0 Å². The summed E-state index contributed by atoms with van der Waals surface area (Å²) in [5.74, 6) is 0. The van der Waals surface area contributed by atoms with Crippen molar-refractivity contribution < 1.29 is 8.42 Å². The molecule has 1 aromatic heterocycles. The second-order valence-corrected chi connectivity index (χ2v) is 6.59. The number of nitrogens with one attached hydrogen (secondary N) is 2. The first-order valence-corrected chi connectivity index (χ1v) is 7.52. The van der Waals surface area contributed by atoms with Crippen LogP contribution in [-0.4, -0.2) is 18.6 Å². The van der Waals surface area contributed by atoms with Crippen LogP contribution < -0.4 is 4.72 Å². The van der Waals surface area contributed by atoms with Gasteiger partial charge in [-0.25, -0.2) is 8.42 Å². The molecular formula is C9H7Br2N3O2S. The first-order chi connectivity index (χ1) is 7.99. The Bertz CT molecular complexity index is 626. The fraction of sp³-hybridized carbons (Fsp3) is 0. The number of halogens is 2. The van der Waals surface area contributed by atoms with Crippen molar-refractivity contribution in [3.63, 3.8) is 0 Å². The van der Waals surface area contributed by atoms with Gasteiger partial charge in [-0.15, -0.1) is 0 Å². The minimum atomic E-state index is -3.61. The van der Waals surface area contributed by atoms with E-state index in [0.717, 1.165) is 4.47 Å². The smallest absolute Gasteiger partial charge is 0.263 e. The van der Waals surface area contributed by atoms with Crippen LogP contribution in [0.4, 0.5) is 5.69 Å². The average Bonchev–Trinajstić information content (AvgIpc) is 2.68. The first-order valence-electron chi connectivity index (χ1n) is 4.46. The van der Waals surface area contributed by atoms with Crippen LogP contribution in [0.2, 0.25) is 0 Å². The molecule has 0 bridgehead atoms. The normalized spacial score (nSPS) is 11.4. The summed E-state index contributed by atoms with van der Waals surface area (Å²) in [4.78, 5) is 0.168. The number of H-pyrrole nitrogens is 1. The number of anilines is 1. The highest BCUT2D eigenvalue weighted by atomic mass is 79.9. The molecule has 5 nitrogen and oxygen atoms in total. The zero-order valence-corrected chi connectivity index (χ0v) is 12.3. The number of hydrogen-bond acceptors (Lipinski definition) is 3. The second kappa shape index (κ2) is 4.79. The number of hydrogen-bond donors (Lipinski definition) is 2. The zero-order valence-electron chi connectivity index (χ0n) is 8.31. The van der Waals surface area contributed by atoms with Gasteiger partial charge in [0.1, 0.15) is 4.90 Å². The lowest BCUT2D eigenvalue weighted by atomic mass is 10.4. The van der Waals surface area contributed by atoms with Gasteiger partial charge in [-0.3, -0.25) is 9.82 Å². The van der Waals surface area contributed by atoms with E-state index in [0.29, 0.717) is 10.2 Å². The lowest BCUT2D eigenvalue weighted by Crippen LogP contribution is -2.13. The molecule has 2 aromatic rings. The van der Waals surface area contributed by atoms with Crippen molar-refractivity contribution in [1.29, 1.82) is 0 Å². The molecule has 0 amide bonds. The van der Waals surface area contributed by atoms with Crippen LogP contribution in [0.15, 0.2) is 44.4 Å². The monoisotopic (exact) mass is 379 g/mol. The summed E-state index contributed by atoms with van der Waals surface area (Å²) in [5.41, 5.74) is 0.389. The predicted molar refractivity (Wildman–Crippen MR) is 71.2 cm³/mol. The van der Waals surface area contributed by atoms with Gasteiger partial charge in [-0.05, 0) is 34.1 Å². The quantitative estimate of drug-likeness (QED) is 0.859.